The van der Waals surface area contributed by atoms with E-state index in [2.05, 4.69) is 0 Å². The van der Waals surface area contributed by atoms with E-state index in [4.69, 9.17) is 28.4 Å². The van der Waals surface area contributed by atoms with Gasteiger partial charge in [-0.05, 0) is 44.4 Å². The van der Waals surface area contributed by atoms with E-state index in [1.807, 2.05) is 0 Å². The number of carbonyl (C=O) groups excluding carboxylic acids is 1. The van der Waals surface area contributed by atoms with Gasteiger partial charge in [0.05, 0.1) is 27.6 Å². The molecule has 0 amide bonds. The molecular weight excluding hydrogens is 294 g/mol. The zero-order chi connectivity index (χ0) is 26.4. The van der Waals surface area contributed by atoms with Crippen LogP contribution in [0.2, 0.25) is 0 Å². The number of likely N-dealkylation sites (tertiary alicyclic amines) is 1. The number of likely N-dealkylation sites (N-methyl/N-ethyl adjacent to an activating group) is 1. The third kappa shape index (κ3) is 1.32. The lowest BCUT2D eigenvalue weighted by atomic mass is 9.49. The van der Waals surface area contributed by atoms with E-state index >= 15 is 0 Å². The maximum Gasteiger partial charge on any atom is 0.211 e. The number of benzene rings is 1. The van der Waals surface area contributed by atoms with Gasteiger partial charge in [-0.2, -0.15) is 0 Å². The van der Waals surface area contributed by atoms with Crippen molar-refractivity contribution in [1.29, 1.82) is 1.43 Å². The molecule has 122 valence electrons. The first-order valence-corrected chi connectivity index (χ1v) is 7.27. The summed E-state index contributed by atoms with van der Waals surface area (Å²) in [6, 6.07) is -4.37. The molecule has 2 aliphatic carbocycles. The van der Waals surface area contributed by atoms with Crippen LogP contribution in [0.1, 0.15) is 45.4 Å². The van der Waals surface area contributed by atoms with E-state index in [-0.39, 0.29) is 18.5 Å². The third-order valence-electron chi connectivity index (χ3n) is 5.33. The summed E-state index contributed by atoms with van der Waals surface area (Å²) in [6.45, 7) is -0.0985. The van der Waals surface area contributed by atoms with Crippen LogP contribution in [0, 0.1) is 0 Å². The Morgan fingerprint density at radius 3 is 3.39 bits per heavy atom. The van der Waals surface area contributed by atoms with E-state index in [0.717, 1.165) is 0 Å². The molecule has 1 N–H and O–H groups in total. The molecule has 5 rings (SSSR count). The maximum atomic E-state index is 13.4. The largest absolute Gasteiger partial charge is 0.493 e. The fourth-order valence-corrected chi connectivity index (χ4v) is 4.30. The molecule has 4 aliphatic rings. The van der Waals surface area contributed by atoms with Crippen molar-refractivity contribution < 1.29 is 34.5 Å². The first-order valence-electron chi connectivity index (χ1n) is 13.2. The molecule has 23 heavy (non-hydrogen) atoms. The number of nitrogens with zero attached hydrogens (tertiary/aromatic N) is 1. The van der Waals surface area contributed by atoms with Gasteiger partial charge in [0.2, 0.25) is 1.43 Å². The zero-order valence-electron chi connectivity index (χ0n) is 24.2. The Morgan fingerprint density at radius 2 is 2.57 bits per heavy atom. The van der Waals surface area contributed by atoms with Gasteiger partial charge in [0.25, 0.3) is 0 Å². The standard InChI is InChI=1S/C18H21NO4/c1-19-8-7-17-14-10-3-4-12(22-2)15(14)23-16(17)11(20)5-6-18(17,21)13(19)9-10/h3-4,13,16,21H,5-9H2,1-2H3/t13-,16?,17+,18-/m1/s1/i2D3,3D,4D,5D2,9D2,13D,16D,21D. The van der Waals surface area contributed by atoms with E-state index < -0.39 is 84.2 Å². The highest BCUT2D eigenvalue weighted by atomic mass is 16.5. The van der Waals surface area contributed by atoms with Crippen LogP contribution in [-0.2, 0) is 16.6 Å². The van der Waals surface area contributed by atoms with Gasteiger partial charge >= 0.3 is 0 Å². The Hall–Kier alpha value is -1.59. The van der Waals surface area contributed by atoms with Crippen LogP contribution >= 0.6 is 0 Å². The molecule has 1 saturated heterocycles. The van der Waals surface area contributed by atoms with Gasteiger partial charge < -0.3 is 19.5 Å². The number of piperidine rings is 1. The molecule has 0 radical (unpaired) electrons. The fourth-order valence-electron chi connectivity index (χ4n) is 4.30. The smallest absolute Gasteiger partial charge is 0.211 e. The lowest BCUT2D eigenvalue weighted by molar-refractivity contribution is -0.185. The summed E-state index contributed by atoms with van der Waals surface area (Å²) in [4.78, 5) is 14.6. The quantitative estimate of drug-likeness (QED) is 0.880. The number of Topliss-reactive ketones (excluding diaryl/α,β-unsaturated/α-hetero) is 1. The van der Waals surface area contributed by atoms with E-state index in [0.29, 0.717) is 0 Å². The Kier molecular flexibility index (Phi) is 1.13. The number of ketones is 1. The summed E-state index contributed by atoms with van der Waals surface area (Å²) in [6.07, 6.45) is -9.96. The SMILES string of the molecule is [2H]O[C@@]12CC([2H])([2H])C(=O)C3([2H])Oc4c(OC([2H])([2H])[2H])c([2H])c([2H])c5c4[C@@]31CCN(C)[C@]2([2H])C5([2H])[2H]. The average Bonchev–Trinajstić information content (AvgIpc) is 2.99. The van der Waals surface area contributed by atoms with Crippen LogP contribution in [0.15, 0.2) is 12.1 Å². The first-order chi connectivity index (χ1) is 15.8. The van der Waals surface area contributed by atoms with Crippen LogP contribution in [0.4, 0.5) is 0 Å². The maximum absolute atomic E-state index is 13.4. The predicted octanol–water partition coefficient (Wildman–Crippen LogP) is 1.05. The Bertz CT molecular complexity index is 1190. The predicted molar refractivity (Wildman–Crippen MR) is 83.0 cm³/mol. The van der Waals surface area contributed by atoms with Crippen molar-refractivity contribution in [2.75, 3.05) is 20.6 Å². The highest BCUT2D eigenvalue weighted by Gasteiger charge is 2.72. The van der Waals surface area contributed by atoms with Gasteiger partial charge in [-0.3, -0.25) is 4.79 Å². The normalized spacial score (nSPS) is 59.4. The molecule has 2 aliphatic heterocycles. The summed E-state index contributed by atoms with van der Waals surface area (Å²) in [7, 11) is -1.80. The van der Waals surface area contributed by atoms with Crippen molar-refractivity contribution >= 4 is 5.78 Å². The highest BCUT2D eigenvalue weighted by Crippen LogP contribution is 2.64. The van der Waals surface area contributed by atoms with Gasteiger partial charge in [-0.25, -0.2) is 0 Å². The molecule has 2 heterocycles. The number of aliphatic hydroxyl groups is 1. The minimum absolute atomic E-state index is 0.0985. The number of methoxy groups -OCH3 is 1. The monoisotopic (exact) mass is 327 g/mol. The van der Waals surface area contributed by atoms with Crippen molar-refractivity contribution in [3.05, 3.63) is 23.2 Å². The highest BCUT2D eigenvalue weighted by molar-refractivity contribution is 5.90. The minimum atomic E-state index is -3.15. The number of ether oxygens (including phenoxy) is 2. The zero-order valence-corrected chi connectivity index (χ0v) is 12.2. The van der Waals surface area contributed by atoms with E-state index in [1.54, 1.807) is 0 Å². The molecule has 1 saturated carbocycles. The van der Waals surface area contributed by atoms with Crippen molar-refractivity contribution in [2.45, 2.75) is 48.7 Å². The van der Waals surface area contributed by atoms with Crippen LogP contribution in [0.3, 0.4) is 0 Å². The summed E-state index contributed by atoms with van der Waals surface area (Å²) >= 11 is 0. The third-order valence-corrected chi connectivity index (χ3v) is 5.33. The van der Waals surface area contributed by atoms with Crippen molar-refractivity contribution in [3.63, 3.8) is 0 Å². The second-order valence-electron chi connectivity index (χ2n) is 6.25. The first kappa shape index (κ1) is 6.37. The molecule has 1 spiro atoms. The van der Waals surface area contributed by atoms with Gasteiger partial charge in [0.15, 0.2) is 23.4 Å². The van der Waals surface area contributed by atoms with Crippen LogP contribution in [0.25, 0.3) is 0 Å². The minimum Gasteiger partial charge on any atom is -0.493 e. The van der Waals surface area contributed by atoms with Crippen molar-refractivity contribution in [3.8, 4) is 11.5 Å². The lowest BCUT2D eigenvalue weighted by Gasteiger charge is -2.62. The van der Waals surface area contributed by atoms with E-state index in [9.17, 15) is 7.54 Å². The summed E-state index contributed by atoms with van der Waals surface area (Å²) < 4.78 is 111. The molecule has 0 aromatic heterocycles. The number of rotatable bonds is 2. The van der Waals surface area contributed by atoms with Crippen LogP contribution in [-0.4, -0.2) is 55.6 Å². The fraction of sp³-hybridized carbons (Fsp3) is 0.611. The topological polar surface area (TPSA) is 59.0 Å². The summed E-state index contributed by atoms with van der Waals surface area (Å²) in [5, 5.41) is 5.10. The molecule has 1 unspecified atom stereocenters. The Balaban J connectivity index is 2.04. The molecule has 1 aromatic carbocycles. The molecule has 2 fully saturated rings. The number of hydrogen-bond acceptors (Lipinski definition) is 5. The van der Waals surface area contributed by atoms with E-state index in [1.165, 1.54) is 11.9 Å². The number of carbonyl (C=O) groups is 1. The van der Waals surface area contributed by atoms with Gasteiger partial charge in [0.1, 0.15) is 0 Å². The van der Waals surface area contributed by atoms with Crippen molar-refractivity contribution in [2.24, 2.45) is 0 Å². The van der Waals surface area contributed by atoms with Crippen LogP contribution < -0.4 is 9.47 Å². The molecule has 2 bridgehead atoms. The molecule has 1 aromatic rings. The Labute approximate surface area is 152 Å². The summed E-state index contributed by atoms with van der Waals surface area (Å²) in [5.41, 5.74) is -5.62. The van der Waals surface area contributed by atoms with Gasteiger partial charge in [-0.1, -0.05) is 6.04 Å². The van der Waals surface area contributed by atoms with Crippen LogP contribution in [0.5, 0.6) is 11.5 Å². The molecule has 5 nitrogen and oxygen atoms in total. The summed E-state index contributed by atoms with van der Waals surface area (Å²) in [5.74, 6) is -2.87. The van der Waals surface area contributed by atoms with Gasteiger partial charge in [0, 0.05) is 23.4 Å². The lowest BCUT2D eigenvalue weighted by Crippen LogP contribution is -2.76. The average molecular weight is 327 g/mol. The second kappa shape index (κ2) is 4.08. The molecule has 5 heteroatoms. The van der Waals surface area contributed by atoms with Gasteiger partial charge in [-0.15, -0.1) is 0 Å². The number of hydrogen-bond donors (Lipinski definition) is 1. The Morgan fingerprint density at radius 1 is 1.65 bits per heavy atom. The molecule has 4 atom stereocenters. The molecular formula is C18H21NO4. The van der Waals surface area contributed by atoms with Crippen molar-refractivity contribution in [1.82, 2.24) is 4.90 Å². The second-order valence-corrected chi connectivity index (χ2v) is 6.25.